The van der Waals surface area contributed by atoms with Crippen molar-refractivity contribution < 1.29 is 19.0 Å². The summed E-state index contributed by atoms with van der Waals surface area (Å²) in [6.45, 7) is 0.911. The molecule has 0 bridgehead atoms. The SMILES string of the molecule is Cn1nccc1-c1cc(NC(=O)C(Cc2ccccc2)C2=COCO2)ccc1OCCN. The van der Waals surface area contributed by atoms with Crippen LogP contribution >= 0.6 is 0 Å². The van der Waals surface area contributed by atoms with Crippen LogP contribution in [0.4, 0.5) is 5.69 Å². The number of hydrogen-bond donors (Lipinski definition) is 2. The predicted octanol–water partition coefficient (Wildman–Crippen LogP) is 3.07. The maximum absolute atomic E-state index is 13.3. The number of ether oxygens (including phenoxy) is 3. The van der Waals surface area contributed by atoms with Crippen LogP contribution in [-0.4, -0.2) is 35.6 Å². The number of hydrogen-bond acceptors (Lipinski definition) is 6. The Hall–Kier alpha value is -3.78. The van der Waals surface area contributed by atoms with Crippen molar-refractivity contribution in [3.63, 3.8) is 0 Å². The number of rotatable bonds is 9. The molecular weight excluding hydrogens is 408 g/mol. The van der Waals surface area contributed by atoms with Gasteiger partial charge in [0.1, 0.15) is 30.3 Å². The van der Waals surface area contributed by atoms with Gasteiger partial charge in [-0.05, 0) is 36.2 Å². The van der Waals surface area contributed by atoms with Crippen LogP contribution in [0, 0.1) is 5.92 Å². The van der Waals surface area contributed by atoms with Crippen molar-refractivity contribution in [1.82, 2.24) is 9.78 Å². The summed E-state index contributed by atoms with van der Waals surface area (Å²) in [5, 5.41) is 7.26. The minimum Gasteiger partial charge on any atom is -0.492 e. The lowest BCUT2D eigenvalue weighted by Crippen LogP contribution is -2.26. The van der Waals surface area contributed by atoms with Gasteiger partial charge in [-0.25, -0.2) is 0 Å². The number of carbonyl (C=O) groups is 1. The quantitative estimate of drug-likeness (QED) is 0.537. The number of nitrogens with one attached hydrogen (secondary N) is 1. The molecule has 8 nitrogen and oxygen atoms in total. The van der Waals surface area contributed by atoms with Gasteiger partial charge >= 0.3 is 0 Å². The molecule has 1 amide bonds. The first-order valence-corrected chi connectivity index (χ1v) is 10.4. The molecular formula is C24H26N4O4. The Bertz CT molecular complexity index is 1090. The zero-order valence-corrected chi connectivity index (χ0v) is 17.9. The van der Waals surface area contributed by atoms with Crippen LogP contribution in [0.1, 0.15) is 5.56 Å². The molecule has 0 saturated carbocycles. The molecule has 166 valence electrons. The Morgan fingerprint density at radius 3 is 2.78 bits per heavy atom. The molecule has 1 aliphatic heterocycles. The average molecular weight is 434 g/mol. The molecule has 1 atom stereocenters. The van der Waals surface area contributed by atoms with E-state index in [1.165, 1.54) is 6.26 Å². The summed E-state index contributed by atoms with van der Waals surface area (Å²) in [7, 11) is 1.85. The van der Waals surface area contributed by atoms with Gasteiger partial charge in [0.15, 0.2) is 0 Å². The van der Waals surface area contributed by atoms with Crippen LogP contribution < -0.4 is 15.8 Å². The Balaban J connectivity index is 1.59. The molecule has 3 aromatic rings. The summed E-state index contributed by atoms with van der Waals surface area (Å²) in [6, 6.07) is 17.2. The number of anilines is 1. The summed E-state index contributed by atoms with van der Waals surface area (Å²) in [4.78, 5) is 13.3. The van der Waals surface area contributed by atoms with Crippen molar-refractivity contribution in [2.45, 2.75) is 6.42 Å². The van der Waals surface area contributed by atoms with Crippen LogP contribution in [0.25, 0.3) is 11.3 Å². The van der Waals surface area contributed by atoms with Crippen LogP contribution in [0.5, 0.6) is 5.75 Å². The van der Waals surface area contributed by atoms with Crippen LogP contribution in [0.15, 0.2) is 72.8 Å². The Kier molecular flexibility index (Phi) is 6.72. The second-order valence-electron chi connectivity index (χ2n) is 7.37. The van der Waals surface area contributed by atoms with Crippen molar-refractivity contribution in [1.29, 1.82) is 0 Å². The van der Waals surface area contributed by atoms with E-state index >= 15 is 0 Å². The standard InChI is InChI=1S/C24H26N4O4/c1-28-21(9-11-26-28)19-14-18(7-8-22(19)31-12-10-25)27-24(29)20(23-15-30-16-32-23)13-17-5-3-2-4-6-17/h2-9,11,14-15,20H,10,12-13,16,25H2,1H3,(H,27,29). The first-order valence-electron chi connectivity index (χ1n) is 10.4. The first kappa shape index (κ1) is 21.5. The minimum atomic E-state index is -0.520. The maximum atomic E-state index is 13.3. The van der Waals surface area contributed by atoms with E-state index in [1.54, 1.807) is 10.9 Å². The molecule has 8 heteroatoms. The summed E-state index contributed by atoms with van der Waals surface area (Å²) in [5.41, 5.74) is 8.96. The lowest BCUT2D eigenvalue weighted by Gasteiger charge is -2.18. The Morgan fingerprint density at radius 2 is 2.09 bits per heavy atom. The van der Waals surface area contributed by atoms with Gasteiger partial charge in [-0.15, -0.1) is 0 Å². The third kappa shape index (κ3) is 4.92. The molecule has 0 fully saturated rings. The van der Waals surface area contributed by atoms with Gasteiger partial charge in [0, 0.05) is 31.0 Å². The first-order chi connectivity index (χ1) is 15.7. The molecule has 0 spiro atoms. The number of amides is 1. The fraction of sp³-hybridized carbons (Fsp3) is 0.250. The normalized spacial score (nSPS) is 13.6. The van der Waals surface area contributed by atoms with Crippen molar-refractivity contribution in [3.05, 3.63) is 78.4 Å². The van der Waals surface area contributed by atoms with E-state index in [2.05, 4.69) is 10.4 Å². The van der Waals surface area contributed by atoms with E-state index in [-0.39, 0.29) is 12.7 Å². The van der Waals surface area contributed by atoms with Crippen molar-refractivity contribution in [2.75, 3.05) is 25.3 Å². The topological polar surface area (TPSA) is 101 Å². The van der Waals surface area contributed by atoms with Crippen molar-refractivity contribution >= 4 is 11.6 Å². The summed E-state index contributed by atoms with van der Waals surface area (Å²) < 4.78 is 18.3. The number of aromatic nitrogens is 2. The highest BCUT2D eigenvalue weighted by atomic mass is 16.7. The molecule has 3 N–H and O–H groups in total. The highest BCUT2D eigenvalue weighted by Crippen LogP contribution is 2.33. The van der Waals surface area contributed by atoms with Gasteiger partial charge < -0.3 is 25.3 Å². The van der Waals surface area contributed by atoms with E-state index in [4.69, 9.17) is 19.9 Å². The Labute approximate surface area is 186 Å². The molecule has 2 heterocycles. The van der Waals surface area contributed by atoms with Crippen molar-refractivity contribution in [2.24, 2.45) is 18.7 Å². The molecule has 2 aromatic carbocycles. The third-order valence-corrected chi connectivity index (χ3v) is 5.16. The number of nitrogens with zero attached hydrogens (tertiary/aromatic N) is 2. The molecule has 0 radical (unpaired) electrons. The average Bonchev–Trinajstić information content (AvgIpc) is 3.49. The van der Waals surface area contributed by atoms with E-state index in [0.29, 0.717) is 36.8 Å². The summed E-state index contributed by atoms with van der Waals surface area (Å²) in [6.07, 6.45) is 3.72. The lowest BCUT2D eigenvalue weighted by molar-refractivity contribution is -0.119. The number of nitrogens with two attached hydrogens (primary N) is 1. The highest BCUT2D eigenvalue weighted by molar-refractivity contribution is 5.95. The second kappa shape index (κ2) is 10.0. The number of aryl methyl sites for hydroxylation is 1. The number of carbonyl (C=O) groups excluding carboxylic acids is 1. The third-order valence-electron chi connectivity index (χ3n) is 5.16. The predicted molar refractivity (Wildman–Crippen MR) is 121 cm³/mol. The van der Waals surface area contributed by atoms with E-state index in [0.717, 1.165) is 16.8 Å². The van der Waals surface area contributed by atoms with Gasteiger partial charge in [0.2, 0.25) is 12.7 Å². The highest BCUT2D eigenvalue weighted by Gasteiger charge is 2.28. The van der Waals surface area contributed by atoms with E-state index in [1.807, 2.05) is 61.6 Å². The van der Waals surface area contributed by atoms with Gasteiger partial charge in [-0.2, -0.15) is 5.10 Å². The van der Waals surface area contributed by atoms with Gasteiger partial charge in [-0.1, -0.05) is 30.3 Å². The molecule has 4 rings (SSSR count). The fourth-order valence-corrected chi connectivity index (χ4v) is 3.58. The monoisotopic (exact) mass is 434 g/mol. The minimum absolute atomic E-state index is 0.117. The largest absolute Gasteiger partial charge is 0.492 e. The fourth-order valence-electron chi connectivity index (χ4n) is 3.58. The molecule has 0 aliphatic carbocycles. The molecule has 1 aliphatic rings. The van der Waals surface area contributed by atoms with Gasteiger partial charge in [0.05, 0.1) is 5.69 Å². The smallest absolute Gasteiger partial charge is 0.235 e. The van der Waals surface area contributed by atoms with Gasteiger partial charge in [0.25, 0.3) is 0 Å². The van der Waals surface area contributed by atoms with Crippen LogP contribution in [0.2, 0.25) is 0 Å². The van der Waals surface area contributed by atoms with E-state index < -0.39 is 5.92 Å². The van der Waals surface area contributed by atoms with Gasteiger partial charge in [-0.3, -0.25) is 9.48 Å². The second-order valence-corrected chi connectivity index (χ2v) is 7.37. The van der Waals surface area contributed by atoms with Crippen LogP contribution in [0.3, 0.4) is 0 Å². The molecule has 1 unspecified atom stereocenters. The van der Waals surface area contributed by atoms with E-state index in [9.17, 15) is 4.79 Å². The summed E-state index contributed by atoms with van der Waals surface area (Å²) in [5.74, 6) is 0.486. The molecule has 0 saturated heterocycles. The van der Waals surface area contributed by atoms with Crippen molar-refractivity contribution in [3.8, 4) is 17.0 Å². The lowest BCUT2D eigenvalue weighted by atomic mass is 9.96. The molecule has 1 aromatic heterocycles. The number of benzene rings is 2. The zero-order valence-electron chi connectivity index (χ0n) is 17.9. The zero-order chi connectivity index (χ0) is 22.3. The maximum Gasteiger partial charge on any atom is 0.235 e. The van der Waals surface area contributed by atoms with Crippen LogP contribution in [-0.2, 0) is 27.7 Å². The molecule has 32 heavy (non-hydrogen) atoms. The Morgan fingerprint density at radius 1 is 1.25 bits per heavy atom. The summed E-state index contributed by atoms with van der Waals surface area (Å²) >= 11 is 0.